The molecule has 1 atom stereocenters. The Morgan fingerprint density at radius 3 is 2.59 bits per heavy atom. The Labute approximate surface area is 98.2 Å². The van der Waals surface area contributed by atoms with Gasteiger partial charge in [0.25, 0.3) is 0 Å². The number of hydrogen-bond donors (Lipinski definition) is 3. The average molecular weight is 249 g/mol. The molecular weight excluding hydrogens is 232 g/mol. The minimum atomic E-state index is -2.07. The summed E-state index contributed by atoms with van der Waals surface area (Å²) < 4.78 is 25.6. The molecule has 0 saturated carbocycles. The molecule has 0 radical (unpaired) electrons. The molecule has 5 N–H and O–H groups in total. The van der Waals surface area contributed by atoms with Crippen LogP contribution in [-0.2, 0) is 4.79 Å². The Morgan fingerprint density at radius 1 is 1.59 bits per heavy atom. The zero-order chi connectivity index (χ0) is 13.5. The molecule has 0 aliphatic heterocycles. The third kappa shape index (κ3) is 5.96. The normalized spacial score (nSPS) is 16.7. The number of carbonyl (C=O) groups is 1. The van der Waals surface area contributed by atoms with Crippen molar-refractivity contribution in [2.45, 2.75) is 25.3 Å². The summed E-state index contributed by atoms with van der Waals surface area (Å²) in [7, 11) is 0. The molecule has 0 heterocycles. The zero-order valence-electron chi connectivity index (χ0n) is 9.62. The maximum Gasteiger partial charge on any atom is 0.326 e. The van der Waals surface area contributed by atoms with Gasteiger partial charge in [-0.3, -0.25) is 9.79 Å². The molecule has 7 heteroatoms. The van der Waals surface area contributed by atoms with E-state index in [1.807, 2.05) is 0 Å². The SMILES string of the molecule is CC(N)=NCCC(F)=CC[C@@](N)(CF)C(=O)O. The Bertz CT molecular complexity index is 328. The summed E-state index contributed by atoms with van der Waals surface area (Å²) in [5, 5.41) is 8.64. The van der Waals surface area contributed by atoms with Crippen LogP contribution in [0.25, 0.3) is 0 Å². The van der Waals surface area contributed by atoms with Gasteiger partial charge in [-0.15, -0.1) is 0 Å². The number of nitrogens with zero attached hydrogens (tertiary/aromatic N) is 1. The van der Waals surface area contributed by atoms with Crippen molar-refractivity contribution in [3.05, 3.63) is 11.9 Å². The zero-order valence-corrected chi connectivity index (χ0v) is 9.62. The van der Waals surface area contributed by atoms with Crippen LogP contribution in [-0.4, -0.2) is 35.7 Å². The fourth-order valence-electron chi connectivity index (χ4n) is 0.933. The Hall–Kier alpha value is -1.50. The third-order valence-corrected chi connectivity index (χ3v) is 2.06. The Morgan fingerprint density at radius 2 is 2.18 bits per heavy atom. The lowest BCUT2D eigenvalue weighted by Crippen LogP contribution is -2.49. The molecule has 0 amide bonds. The van der Waals surface area contributed by atoms with Crippen LogP contribution in [0.3, 0.4) is 0 Å². The number of alkyl halides is 1. The first-order valence-corrected chi connectivity index (χ1v) is 5.01. The van der Waals surface area contributed by atoms with Gasteiger partial charge in [-0.2, -0.15) is 0 Å². The lowest BCUT2D eigenvalue weighted by molar-refractivity contribution is -0.143. The standard InChI is InChI=1S/C10H17F2N3O2/c1-7(13)15-5-3-8(12)2-4-10(14,6-11)9(16)17/h2H,3-6,14H2,1H3,(H2,13,15)(H,16,17)/t10-/m1/s1. The van der Waals surface area contributed by atoms with E-state index in [1.54, 1.807) is 6.92 Å². The molecule has 0 aliphatic rings. The van der Waals surface area contributed by atoms with Gasteiger partial charge in [0.15, 0.2) is 0 Å². The summed E-state index contributed by atoms with van der Waals surface area (Å²) in [5.41, 5.74) is 8.41. The third-order valence-electron chi connectivity index (χ3n) is 2.06. The van der Waals surface area contributed by atoms with Crippen LogP contribution >= 0.6 is 0 Å². The summed E-state index contributed by atoms with van der Waals surface area (Å²) in [6.07, 6.45) is 0.543. The second-order valence-electron chi connectivity index (χ2n) is 3.72. The molecule has 0 unspecified atom stereocenters. The number of carboxylic acid groups (broad SMARTS) is 1. The van der Waals surface area contributed by atoms with Crippen LogP contribution in [0.15, 0.2) is 16.9 Å². The van der Waals surface area contributed by atoms with Gasteiger partial charge in [-0.05, 0) is 13.3 Å². The number of nitrogens with two attached hydrogens (primary N) is 2. The Balaban J connectivity index is 4.31. The van der Waals surface area contributed by atoms with E-state index in [4.69, 9.17) is 16.6 Å². The summed E-state index contributed by atoms with van der Waals surface area (Å²) >= 11 is 0. The molecule has 0 spiro atoms. The molecule has 0 aromatic rings. The summed E-state index contributed by atoms with van der Waals surface area (Å²) in [6, 6.07) is 0. The molecule has 0 bridgehead atoms. The highest BCUT2D eigenvalue weighted by Gasteiger charge is 2.33. The number of rotatable bonds is 7. The maximum absolute atomic E-state index is 13.2. The van der Waals surface area contributed by atoms with E-state index in [9.17, 15) is 13.6 Å². The minimum absolute atomic E-state index is 0.0173. The van der Waals surface area contributed by atoms with Crippen LogP contribution < -0.4 is 11.5 Å². The summed E-state index contributed by atoms with van der Waals surface area (Å²) in [6.45, 7) is 0.469. The van der Waals surface area contributed by atoms with Crippen molar-refractivity contribution in [1.82, 2.24) is 0 Å². The molecule has 0 fully saturated rings. The second kappa shape index (κ2) is 6.95. The van der Waals surface area contributed by atoms with Crippen molar-refractivity contribution in [3.63, 3.8) is 0 Å². The van der Waals surface area contributed by atoms with Crippen LogP contribution in [0.2, 0.25) is 0 Å². The number of aliphatic imine (C=N–C) groups is 1. The fraction of sp³-hybridized carbons (Fsp3) is 0.600. The second-order valence-corrected chi connectivity index (χ2v) is 3.72. The van der Waals surface area contributed by atoms with Gasteiger partial charge >= 0.3 is 5.97 Å². The van der Waals surface area contributed by atoms with Gasteiger partial charge in [0, 0.05) is 13.0 Å². The lowest BCUT2D eigenvalue weighted by atomic mass is 9.98. The largest absolute Gasteiger partial charge is 0.480 e. The van der Waals surface area contributed by atoms with Gasteiger partial charge in [0.2, 0.25) is 0 Å². The van der Waals surface area contributed by atoms with E-state index >= 15 is 0 Å². The molecular formula is C10H17F2N3O2. The highest BCUT2D eigenvalue weighted by molar-refractivity contribution is 5.79. The smallest absolute Gasteiger partial charge is 0.326 e. The molecule has 5 nitrogen and oxygen atoms in total. The predicted molar refractivity (Wildman–Crippen MR) is 61.1 cm³/mol. The number of carboxylic acids is 1. The average Bonchev–Trinajstić information content (AvgIpc) is 2.25. The molecule has 98 valence electrons. The molecule has 0 aromatic carbocycles. The highest BCUT2D eigenvalue weighted by atomic mass is 19.1. The fourth-order valence-corrected chi connectivity index (χ4v) is 0.933. The number of halogens is 2. The first-order chi connectivity index (χ1) is 7.81. The summed E-state index contributed by atoms with van der Waals surface area (Å²) in [4.78, 5) is 14.4. The molecule has 0 rings (SSSR count). The van der Waals surface area contributed by atoms with Gasteiger partial charge in [-0.1, -0.05) is 6.08 Å². The van der Waals surface area contributed by atoms with Gasteiger partial charge in [-0.25, -0.2) is 8.78 Å². The van der Waals surface area contributed by atoms with Crippen LogP contribution in [0.5, 0.6) is 0 Å². The Kier molecular flexibility index (Phi) is 6.34. The van der Waals surface area contributed by atoms with Crippen LogP contribution in [0, 0.1) is 0 Å². The van der Waals surface area contributed by atoms with E-state index < -0.39 is 30.4 Å². The van der Waals surface area contributed by atoms with Crippen LogP contribution in [0.4, 0.5) is 8.78 Å². The van der Waals surface area contributed by atoms with E-state index in [-0.39, 0.29) is 13.0 Å². The first-order valence-electron chi connectivity index (χ1n) is 5.01. The van der Waals surface area contributed by atoms with Crippen molar-refractivity contribution < 1.29 is 18.7 Å². The van der Waals surface area contributed by atoms with Crippen molar-refractivity contribution in [2.24, 2.45) is 16.5 Å². The topological polar surface area (TPSA) is 102 Å². The van der Waals surface area contributed by atoms with Crippen LogP contribution in [0.1, 0.15) is 19.8 Å². The van der Waals surface area contributed by atoms with E-state index in [1.165, 1.54) is 0 Å². The number of amidine groups is 1. The number of aliphatic carboxylic acids is 1. The molecule has 0 saturated heterocycles. The van der Waals surface area contributed by atoms with Crippen molar-refractivity contribution in [2.75, 3.05) is 13.2 Å². The van der Waals surface area contributed by atoms with Gasteiger partial charge in [0.05, 0.1) is 11.7 Å². The summed E-state index contributed by atoms with van der Waals surface area (Å²) in [5.74, 6) is -1.75. The highest BCUT2D eigenvalue weighted by Crippen LogP contribution is 2.13. The minimum Gasteiger partial charge on any atom is -0.480 e. The number of hydrogen-bond acceptors (Lipinski definition) is 3. The van der Waals surface area contributed by atoms with E-state index in [0.717, 1.165) is 6.08 Å². The van der Waals surface area contributed by atoms with Crippen molar-refractivity contribution in [1.29, 1.82) is 0 Å². The first kappa shape index (κ1) is 15.5. The quantitative estimate of drug-likeness (QED) is 0.457. The lowest BCUT2D eigenvalue weighted by Gasteiger charge is -2.18. The molecule has 17 heavy (non-hydrogen) atoms. The van der Waals surface area contributed by atoms with Crippen molar-refractivity contribution >= 4 is 11.8 Å². The van der Waals surface area contributed by atoms with E-state index in [2.05, 4.69) is 4.99 Å². The monoisotopic (exact) mass is 249 g/mol. The molecule has 0 aromatic heterocycles. The van der Waals surface area contributed by atoms with Gasteiger partial charge in [0.1, 0.15) is 12.2 Å². The van der Waals surface area contributed by atoms with Crippen molar-refractivity contribution in [3.8, 4) is 0 Å². The van der Waals surface area contributed by atoms with Gasteiger partial charge < -0.3 is 16.6 Å². The van der Waals surface area contributed by atoms with E-state index in [0.29, 0.717) is 5.84 Å². The molecule has 0 aliphatic carbocycles. The predicted octanol–water partition coefficient (Wildman–Crippen LogP) is 0.749. The maximum atomic E-state index is 13.2.